The van der Waals surface area contributed by atoms with Crippen LogP contribution in [0.2, 0.25) is 0 Å². The molecule has 0 aromatic heterocycles. The van der Waals surface area contributed by atoms with Gasteiger partial charge in [0.05, 0.1) is 0 Å². The molecule has 1 aromatic carbocycles. The molecule has 76 valence electrons. The molecule has 1 atom stereocenters. The molecule has 0 saturated heterocycles. The minimum Gasteiger partial charge on any atom is -0.426 e. The van der Waals surface area contributed by atoms with Gasteiger partial charge in [-0.25, -0.2) is 0 Å². The number of alkyl halides is 1. The molecular formula is C11H13IO2. The highest BCUT2D eigenvalue weighted by molar-refractivity contribution is 14.1. The summed E-state index contributed by atoms with van der Waals surface area (Å²) in [7, 11) is 0. The molecule has 0 radical (unpaired) electrons. The van der Waals surface area contributed by atoms with Gasteiger partial charge in [-0.2, -0.15) is 0 Å². The van der Waals surface area contributed by atoms with Crippen LogP contribution < -0.4 is 4.74 Å². The average Bonchev–Trinajstić information content (AvgIpc) is 2.19. The van der Waals surface area contributed by atoms with Crippen LogP contribution in [0, 0.1) is 0 Å². The van der Waals surface area contributed by atoms with Crippen molar-refractivity contribution in [2.24, 2.45) is 0 Å². The van der Waals surface area contributed by atoms with Crippen LogP contribution >= 0.6 is 22.6 Å². The van der Waals surface area contributed by atoms with E-state index in [1.165, 1.54) is 0 Å². The van der Waals surface area contributed by atoms with Gasteiger partial charge in [-0.3, -0.25) is 4.79 Å². The summed E-state index contributed by atoms with van der Waals surface area (Å²) in [5.41, 5.74) is 0. The minimum absolute atomic E-state index is 0.188. The van der Waals surface area contributed by atoms with Gasteiger partial charge in [0, 0.05) is 0 Å². The standard InChI is InChI=1S/C11H13IO2/c1-3-11(2,12)10(13)14-9-7-5-4-6-8-9/h4-8H,3H2,1-2H3. The van der Waals surface area contributed by atoms with Crippen molar-refractivity contribution in [3.8, 4) is 5.75 Å². The van der Waals surface area contributed by atoms with Gasteiger partial charge in [0.25, 0.3) is 0 Å². The molecule has 0 aliphatic heterocycles. The Hall–Kier alpha value is -0.580. The van der Waals surface area contributed by atoms with E-state index in [4.69, 9.17) is 4.74 Å². The third kappa shape index (κ3) is 2.97. The lowest BCUT2D eigenvalue weighted by Crippen LogP contribution is -2.31. The van der Waals surface area contributed by atoms with Crippen LogP contribution in [0.15, 0.2) is 30.3 Å². The Morgan fingerprint density at radius 3 is 2.50 bits per heavy atom. The van der Waals surface area contributed by atoms with E-state index in [1.54, 1.807) is 12.1 Å². The number of para-hydroxylation sites is 1. The summed E-state index contributed by atoms with van der Waals surface area (Å²) >= 11 is 2.12. The molecule has 0 saturated carbocycles. The fraction of sp³-hybridized carbons (Fsp3) is 0.364. The number of hydrogen-bond acceptors (Lipinski definition) is 2. The van der Waals surface area contributed by atoms with Crippen molar-refractivity contribution in [1.82, 2.24) is 0 Å². The second-order valence-electron chi connectivity index (χ2n) is 3.25. The van der Waals surface area contributed by atoms with Gasteiger partial charge >= 0.3 is 5.97 Å². The zero-order chi connectivity index (χ0) is 10.6. The first-order valence-corrected chi connectivity index (χ1v) is 5.60. The smallest absolute Gasteiger partial charge is 0.327 e. The molecule has 2 nitrogen and oxygen atoms in total. The lowest BCUT2D eigenvalue weighted by atomic mass is 10.1. The monoisotopic (exact) mass is 304 g/mol. The number of benzene rings is 1. The second kappa shape index (κ2) is 4.77. The molecule has 1 rings (SSSR count). The van der Waals surface area contributed by atoms with Crippen LogP contribution in [0.5, 0.6) is 5.75 Å². The van der Waals surface area contributed by atoms with E-state index >= 15 is 0 Å². The number of halogens is 1. The van der Waals surface area contributed by atoms with E-state index < -0.39 is 3.42 Å². The third-order valence-corrected chi connectivity index (χ3v) is 3.25. The zero-order valence-corrected chi connectivity index (χ0v) is 10.4. The van der Waals surface area contributed by atoms with Gasteiger partial charge in [0.15, 0.2) is 0 Å². The number of rotatable bonds is 3. The fourth-order valence-corrected chi connectivity index (χ4v) is 0.956. The Bertz CT molecular complexity index is 306. The molecule has 0 aliphatic rings. The Kier molecular flexibility index (Phi) is 3.92. The molecule has 0 fully saturated rings. The Morgan fingerprint density at radius 2 is 2.00 bits per heavy atom. The summed E-state index contributed by atoms with van der Waals surface area (Å²) in [5.74, 6) is 0.417. The number of esters is 1. The molecular weight excluding hydrogens is 291 g/mol. The van der Waals surface area contributed by atoms with E-state index in [0.29, 0.717) is 5.75 Å². The predicted octanol–water partition coefficient (Wildman–Crippen LogP) is 3.20. The van der Waals surface area contributed by atoms with E-state index in [0.717, 1.165) is 6.42 Å². The van der Waals surface area contributed by atoms with Crippen molar-refractivity contribution >= 4 is 28.6 Å². The predicted molar refractivity (Wildman–Crippen MR) is 64.8 cm³/mol. The number of carbonyl (C=O) groups excluding carboxylic acids is 1. The Morgan fingerprint density at radius 1 is 1.43 bits per heavy atom. The summed E-state index contributed by atoms with van der Waals surface area (Å²) in [6, 6.07) is 9.14. The van der Waals surface area contributed by atoms with Gasteiger partial charge in [0.2, 0.25) is 0 Å². The van der Waals surface area contributed by atoms with E-state index in [1.807, 2.05) is 32.0 Å². The third-order valence-electron chi connectivity index (χ3n) is 2.04. The summed E-state index contributed by atoms with van der Waals surface area (Å²) in [6.45, 7) is 3.84. The Balaban J connectivity index is 2.67. The summed E-state index contributed by atoms with van der Waals surface area (Å²) < 4.78 is 4.79. The van der Waals surface area contributed by atoms with Crippen molar-refractivity contribution in [2.75, 3.05) is 0 Å². The van der Waals surface area contributed by atoms with E-state index in [-0.39, 0.29) is 5.97 Å². The van der Waals surface area contributed by atoms with Gasteiger partial charge in [-0.1, -0.05) is 47.7 Å². The summed E-state index contributed by atoms with van der Waals surface area (Å²) in [4.78, 5) is 11.6. The second-order valence-corrected chi connectivity index (χ2v) is 5.63. The topological polar surface area (TPSA) is 26.3 Å². The van der Waals surface area contributed by atoms with Gasteiger partial charge in [-0.05, 0) is 25.5 Å². The van der Waals surface area contributed by atoms with E-state index in [2.05, 4.69) is 22.6 Å². The van der Waals surface area contributed by atoms with Crippen LogP contribution in [0.25, 0.3) is 0 Å². The summed E-state index contributed by atoms with van der Waals surface area (Å²) in [5, 5.41) is 0. The SMILES string of the molecule is CCC(C)(I)C(=O)Oc1ccccc1. The first-order chi connectivity index (χ1) is 6.56. The zero-order valence-electron chi connectivity index (χ0n) is 8.29. The van der Waals surface area contributed by atoms with Crippen molar-refractivity contribution in [3.63, 3.8) is 0 Å². The highest BCUT2D eigenvalue weighted by atomic mass is 127. The van der Waals surface area contributed by atoms with Crippen molar-refractivity contribution in [3.05, 3.63) is 30.3 Å². The first kappa shape index (κ1) is 11.5. The summed E-state index contributed by atoms with van der Waals surface area (Å²) in [6.07, 6.45) is 0.763. The molecule has 1 unspecified atom stereocenters. The van der Waals surface area contributed by atoms with Crippen LogP contribution in [0.3, 0.4) is 0 Å². The van der Waals surface area contributed by atoms with Gasteiger partial charge < -0.3 is 4.74 Å². The highest BCUT2D eigenvalue weighted by Crippen LogP contribution is 2.25. The maximum Gasteiger partial charge on any atom is 0.327 e. The molecule has 0 bridgehead atoms. The molecule has 0 spiro atoms. The maximum absolute atomic E-state index is 11.6. The normalized spacial score (nSPS) is 14.5. The van der Waals surface area contributed by atoms with Crippen LogP contribution in [0.1, 0.15) is 20.3 Å². The van der Waals surface area contributed by atoms with Crippen molar-refractivity contribution in [2.45, 2.75) is 23.7 Å². The lowest BCUT2D eigenvalue weighted by molar-refractivity contribution is -0.136. The quantitative estimate of drug-likeness (QED) is 0.371. The molecule has 0 amide bonds. The number of ether oxygens (including phenoxy) is 1. The highest BCUT2D eigenvalue weighted by Gasteiger charge is 2.29. The molecule has 3 heteroatoms. The lowest BCUT2D eigenvalue weighted by Gasteiger charge is -2.17. The van der Waals surface area contributed by atoms with Crippen LogP contribution in [-0.4, -0.2) is 9.39 Å². The van der Waals surface area contributed by atoms with Crippen LogP contribution in [-0.2, 0) is 4.79 Å². The average molecular weight is 304 g/mol. The largest absolute Gasteiger partial charge is 0.426 e. The Labute approximate surface area is 97.8 Å². The number of hydrogen-bond donors (Lipinski definition) is 0. The molecule has 0 N–H and O–H groups in total. The minimum atomic E-state index is -0.437. The van der Waals surface area contributed by atoms with Gasteiger partial charge in [0.1, 0.15) is 9.17 Å². The maximum atomic E-state index is 11.6. The van der Waals surface area contributed by atoms with Crippen molar-refractivity contribution < 1.29 is 9.53 Å². The molecule has 14 heavy (non-hydrogen) atoms. The fourth-order valence-electron chi connectivity index (χ4n) is 0.846. The van der Waals surface area contributed by atoms with Gasteiger partial charge in [-0.15, -0.1) is 0 Å². The van der Waals surface area contributed by atoms with Crippen LogP contribution in [0.4, 0.5) is 0 Å². The van der Waals surface area contributed by atoms with E-state index in [9.17, 15) is 4.79 Å². The molecule has 1 aromatic rings. The number of carbonyl (C=O) groups is 1. The molecule has 0 heterocycles. The first-order valence-electron chi connectivity index (χ1n) is 4.52. The van der Waals surface area contributed by atoms with Crippen molar-refractivity contribution in [1.29, 1.82) is 0 Å². The molecule has 0 aliphatic carbocycles.